The summed E-state index contributed by atoms with van der Waals surface area (Å²) >= 11 is 0. The van der Waals surface area contributed by atoms with Crippen LogP contribution < -0.4 is 10.6 Å². The van der Waals surface area contributed by atoms with Crippen LogP contribution >= 0.6 is 24.0 Å². The van der Waals surface area contributed by atoms with Crippen molar-refractivity contribution in [3.05, 3.63) is 17.0 Å². The molecule has 1 aliphatic rings. The molecule has 0 atom stereocenters. The van der Waals surface area contributed by atoms with Gasteiger partial charge in [-0.1, -0.05) is 19.0 Å². The lowest BCUT2D eigenvalue weighted by atomic mass is 10.1. The van der Waals surface area contributed by atoms with Crippen molar-refractivity contribution in [1.29, 1.82) is 0 Å². The Bertz CT molecular complexity index is 433. The van der Waals surface area contributed by atoms with E-state index in [1.807, 2.05) is 0 Å². The average molecular weight is 406 g/mol. The van der Waals surface area contributed by atoms with E-state index in [4.69, 9.17) is 4.52 Å². The van der Waals surface area contributed by atoms with Crippen LogP contribution in [0.2, 0.25) is 0 Å². The Morgan fingerprint density at radius 1 is 1.24 bits per heavy atom. The van der Waals surface area contributed by atoms with E-state index in [2.05, 4.69) is 41.6 Å². The van der Waals surface area contributed by atoms with Gasteiger partial charge in [-0.15, -0.1) is 24.0 Å². The van der Waals surface area contributed by atoms with Gasteiger partial charge in [-0.05, 0) is 32.1 Å². The van der Waals surface area contributed by atoms with Crippen LogP contribution in [0.5, 0.6) is 0 Å². The number of hydrogen-bond donors (Lipinski definition) is 2. The van der Waals surface area contributed by atoms with Crippen LogP contribution in [0.3, 0.4) is 0 Å². The highest BCUT2D eigenvalue weighted by Crippen LogP contribution is 2.27. The summed E-state index contributed by atoms with van der Waals surface area (Å²) in [6, 6.07) is 0. The first-order valence-electron chi connectivity index (χ1n) is 7.76. The Hall–Kier alpha value is -0.790. The van der Waals surface area contributed by atoms with Gasteiger partial charge in [0.05, 0.1) is 12.2 Å². The van der Waals surface area contributed by atoms with Gasteiger partial charge < -0.3 is 15.2 Å². The van der Waals surface area contributed by atoms with E-state index in [1.54, 1.807) is 0 Å². The first kappa shape index (κ1) is 18.3. The van der Waals surface area contributed by atoms with Gasteiger partial charge in [0.1, 0.15) is 5.76 Å². The molecule has 1 fully saturated rings. The van der Waals surface area contributed by atoms with Gasteiger partial charge in [-0.2, -0.15) is 0 Å². The van der Waals surface area contributed by atoms with E-state index >= 15 is 0 Å². The summed E-state index contributed by atoms with van der Waals surface area (Å²) < 4.78 is 5.38. The van der Waals surface area contributed by atoms with E-state index in [1.165, 1.54) is 12.8 Å². The lowest BCUT2D eigenvalue weighted by Crippen LogP contribution is -2.38. The first-order chi connectivity index (χ1) is 9.78. The van der Waals surface area contributed by atoms with Gasteiger partial charge >= 0.3 is 0 Å². The third-order valence-electron chi connectivity index (χ3n) is 3.60. The van der Waals surface area contributed by atoms with E-state index in [0.717, 1.165) is 54.8 Å². The quantitative estimate of drug-likeness (QED) is 0.415. The SMILES string of the molecule is CCNC(=NCc1c(CC)noc1CC)NCC1CC1.I. The molecule has 0 radical (unpaired) electrons. The standard InChI is InChI=1S/C15H26N4O.HI/c1-4-13-12(14(5-2)20-19-13)10-18-15(16-6-3)17-9-11-7-8-11;/h11H,4-10H2,1-3H3,(H2,16,17,18);1H. The fraction of sp³-hybridized carbons (Fsp3) is 0.733. The van der Waals surface area contributed by atoms with Gasteiger partial charge in [0.15, 0.2) is 5.96 Å². The highest BCUT2D eigenvalue weighted by Gasteiger charge is 2.21. The molecule has 0 bridgehead atoms. The highest BCUT2D eigenvalue weighted by molar-refractivity contribution is 14.0. The predicted octanol–water partition coefficient (Wildman–Crippen LogP) is 2.88. The van der Waals surface area contributed by atoms with Crippen molar-refractivity contribution < 1.29 is 4.52 Å². The van der Waals surface area contributed by atoms with E-state index in [9.17, 15) is 0 Å². The molecule has 1 aromatic rings. The van der Waals surface area contributed by atoms with E-state index in [0.29, 0.717) is 6.54 Å². The van der Waals surface area contributed by atoms with Gasteiger partial charge in [-0.3, -0.25) is 0 Å². The Morgan fingerprint density at radius 2 is 2.00 bits per heavy atom. The molecule has 120 valence electrons. The number of nitrogens with one attached hydrogen (secondary N) is 2. The second-order valence-electron chi connectivity index (χ2n) is 5.26. The number of halogens is 1. The van der Waals surface area contributed by atoms with Crippen molar-refractivity contribution in [2.24, 2.45) is 10.9 Å². The molecule has 1 aliphatic carbocycles. The molecular weight excluding hydrogens is 379 g/mol. The largest absolute Gasteiger partial charge is 0.361 e. The Balaban J connectivity index is 0.00000220. The lowest BCUT2D eigenvalue weighted by Gasteiger charge is -2.10. The summed E-state index contributed by atoms with van der Waals surface area (Å²) in [4.78, 5) is 4.67. The monoisotopic (exact) mass is 406 g/mol. The molecule has 1 heterocycles. The molecule has 0 aliphatic heterocycles. The zero-order chi connectivity index (χ0) is 14.4. The Labute approximate surface area is 144 Å². The first-order valence-corrected chi connectivity index (χ1v) is 7.76. The molecule has 0 aromatic carbocycles. The number of aromatic nitrogens is 1. The molecule has 0 saturated heterocycles. The van der Waals surface area contributed by atoms with Crippen molar-refractivity contribution in [3.63, 3.8) is 0 Å². The maximum atomic E-state index is 5.38. The summed E-state index contributed by atoms with van der Waals surface area (Å²) in [6.07, 6.45) is 4.44. The smallest absolute Gasteiger partial charge is 0.191 e. The second-order valence-corrected chi connectivity index (χ2v) is 5.26. The third kappa shape index (κ3) is 5.48. The van der Waals surface area contributed by atoms with Gasteiger partial charge in [0.25, 0.3) is 0 Å². The molecule has 21 heavy (non-hydrogen) atoms. The molecule has 0 unspecified atom stereocenters. The summed E-state index contributed by atoms with van der Waals surface area (Å²) in [5.74, 6) is 2.69. The van der Waals surface area contributed by atoms with Crippen molar-refractivity contribution in [1.82, 2.24) is 15.8 Å². The van der Waals surface area contributed by atoms with Crippen molar-refractivity contribution in [2.75, 3.05) is 13.1 Å². The Morgan fingerprint density at radius 3 is 2.57 bits per heavy atom. The van der Waals surface area contributed by atoms with Crippen LogP contribution in [0, 0.1) is 5.92 Å². The van der Waals surface area contributed by atoms with Crippen molar-refractivity contribution in [2.45, 2.75) is 53.0 Å². The molecule has 5 nitrogen and oxygen atoms in total. The fourth-order valence-corrected chi connectivity index (χ4v) is 2.18. The van der Waals surface area contributed by atoms with Crippen molar-refractivity contribution >= 4 is 29.9 Å². The number of nitrogens with zero attached hydrogens (tertiary/aromatic N) is 2. The average Bonchev–Trinajstić information content (AvgIpc) is 3.20. The summed E-state index contributed by atoms with van der Waals surface area (Å²) in [5, 5.41) is 10.8. The van der Waals surface area contributed by atoms with Crippen LogP contribution in [0.4, 0.5) is 0 Å². The second kappa shape index (κ2) is 9.27. The van der Waals surface area contributed by atoms with Crippen molar-refractivity contribution in [3.8, 4) is 0 Å². The number of hydrogen-bond acceptors (Lipinski definition) is 3. The van der Waals surface area contributed by atoms with Crippen LogP contribution in [0.25, 0.3) is 0 Å². The lowest BCUT2D eigenvalue weighted by molar-refractivity contribution is 0.380. The molecule has 1 saturated carbocycles. The zero-order valence-corrected chi connectivity index (χ0v) is 15.6. The van der Waals surface area contributed by atoms with E-state index < -0.39 is 0 Å². The molecule has 2 N–H and O–H groups in total. The number of rotatable bonds is 7. The van der Waals surface area contributed by atoms with Gasteiger partial charge in [-0.25, -0.2) is 4.99 Å². The minimum absolute atomic E-state index is 0. The maximum Gasteiger partial charge on any atom is 0.191 e. The number of aliphatic imine (C=N–C) groups is 1. The van der Waals surface area contributed by atoms with Crippen LogP contribution in [-0.2, 0) is 19.4 Å². The molecule has 6 heteroatoms. The molecule has 1 aromatic heterocycles. The molecule has 0 spiro atoms. The summed E-state index contributed by atoms with van der Waals surface area (Å²) in [7, 11) is 0. The molecule has 0 amide bonds. The third-order valence-corrected chi connectivity index (χ3v) is 3.60. The van der Waals surface area contributed by atoms with Crippen LogP contribution in [0.1, 0.15) is 50.6 Å². The minimum Gasteiger partial charge on any atom is -0.361 e. The van der Waals surface area contributed by atoms with E-state index in [-0.39, 0.29) is 24.0 Å². The summed E-state index contributed by atoms with van der Waals surface area (Å²) in [5.41, 5.74) is 2.18. The Kier molecular flexibility index (Phi) is 8.06. The predicted molar refractivity (Wildman–Crippen MR) is 96.2 cm³/mol. The van der Waals surface area contributed by atoms with Gasteiger partial charge in [0.2, 0.25) is 0 Å². The normalized spacial score (nSPS) is 14.7. The maximum absolute atomic E-state index is 5.38. The number of aryl methyl sites for hydroxylation is 2. The minimum atomic E-state index is 0. The van der Waals surface area contributed by atoms with Gasteiger partial charge in [0, 0.05) is 25.1 Å². The highest BCUT2D eigenvalue weighted by atomic mass is 127. The zero-order valence-electron chi connectivity index (χ0n) is 13.2. The summed E-state index contributed by atoms with van der Waals surface area (Å²) in [6.45, 7) is 8.81. The molecule has 2 rings (SSSR count). The van der Waals surface area contributed by atoms with Crippen LogP contribution in [-0.4, -0.2) is 24.2 Å². The van der Waals surface area contributed by atoms with Crippen LogP contribution in [0.15, 0.2) is 9.52 Å². The topological polar surface area (TPSA) is 62.5 Å². The number of guanidine groups is 1. The fourth-order valence-electron chi connectivity index (χ4n) is 2.18. The molecular formula is C15H27IN4O.